The molecule has 2 aliphatic rings. The fourth-order valence-corrected chi connectivity index (χ4v) is 4.88. The number of nitrogens with zero attached hydrogens (tertiary/aromatic N) is 2. The van der Waals surface area contributed by atoms with Crippen LogP contribution in [0, 0.1) is 5.92 Å². The molecule has 1 aliphatic heterocycles. The number of anilines is 2. The van der Waals surface area contributed by atoms with Gasteiger partial charge in [0.1, 0.15) is 0 Å². The van der Waals surface area contributed by atoms with Gasteiger partial charge in [0.05, 0.1) is 30.9 Å². The topological polar surface area (TPSA) is 128 Å². The summed E-state index contributed by atoms with van der Waals surface area (Å²) in [5.74, 6) is -1.09. The Morgan fingerprint density at radius 2 is 1.89 bits per heavy atom. The number of benzene rings is 1. The fraction of sp³-hybridized carbons (Fsp3) is 0.417. The molecule has 1 aliphatic carbocycles. The Bertz CT molecular complexity index is 1090. The van der Waals surface area contributed by atoms with Gasteiger partial charge in [-0.25, -0.2) is 4.79 Å². The van der Waals surface area contributed by atoms with E-state index in [2.05, 4.69) is 15.5 Å². The molecule has 1 atom stereocenters. The van der Waals surface area contributed by atoms with Gasteiger partial charge >= 0.3 is 12.1 Å². The van der Waals surface area contributed by atoms with Gasteiger partial charge in [-0.3, -0.25) is 19.7 Å². The third-order valence-electron chi connectivity index (χ3n) is 6.11. The minimum absolute atomic E-state index is 0.176. The number of carboxylic acid groups (broad SMARTS) is 1. The van der Waals surface area contributed by atoms with Crippen LogP contribution in [0.1, 0.15) is 40.5 Å². The van der Waals surface area contributed by atoms with E-state index in [9.17, 15) is 24.3 Å². The molecular formula is C24H28N4O6S. The Kier molecular flexibility index (Phi) is 7.54. The van der Waals surface area contributed by atoms with Crippen molar-refractivity contribution in [3.8, 4) is 0 Å². The van der Waals surface area contributed by atoms with Crippen molar-refractivity contribution in [3.05, 3.63) is 46.2 Å². The minimum atomic E-state index is -1.02. The summed E-state index contributed by atoms with van der Waals surface area (Å²) in [6.45, 7) is 2.37. The average Bonchev–Trinajstić information content (AvgIpc) is 3.56. The van der Waals surface area contributed by atoms with Gasteiger partial charge in [0.2, 0.25) is 5.91 Å². The first-order valence-electron chi connectivity index (χ1n) is 11.4. The second-order valence-corrected chi connectivity index (χ2v) is 9.55. The van der Waals surface area contributed by atoms with Gasteiger partial charge in [0.25, 0.3) is 5.91 Å². The lowest BCUT2D eigenvalue weighted by molar-refractivity contribution is -0.137. The quantitative estimate of drug-likeness (QED) is 0.508. The lowest BCUT2D eigenvalue weighted by atomic mass is 10.1. The molecular weight excluding hydrogens is 472 g/mol. The van der Waals surface area contributed by atoms with Crippen molar-refractivity contribution in [1.82, 2.24) is 10.2 Å². The molecule has 1 aromatic heterocycles. The summed E-state index contributed by atoms with van der Waals surface area (Å²) in [6, 6.07) is 7.84. The SMILES string of the molecule is COC(=O)Nc1cc(C(=O)NC(CC(=O)O)c2cccs2)ccc1N1CCN(C(=O)C2CC2)CC1. The second kappa shape index (κ2) is 10.8. The number of thiophene rings is 1. The number of aliphatic carboxylic acids is 1. The number of hydrogen-bond acceptors (Lipinski definition) is 7. The van der Waals surface area contributed by atoms with E-state index in [0.29, 0.717) is 37.6 Å². The Hall–Kier alpha value is -3.60. The van der Waals surface area contributed by atoms with Gasteiger partial charge in [-0.15, -0.1) is 11.3 Å². The van der Waals surface area contributed by atoms with E-state index in [0.717, 1.165) is 17.7 Å². The highest BCUT2D eigenvalue weighted by Gasteiger charge is 2.35. The number of carbonyl (C=O) groups is 4. The first-order valence-corrected chi connectivity index (χ1v) is 12.3. The van der Waals surface area contributed by atoms with Gasteiger partial charge in [0.15, 0.2) is 0 Å². The maximum atomic E-state index is 13.0. The van der Waals surface area contributed by atoms with Crippen LogP contribution in [0.25, 0.3) is 0 Å². The molecule has 1 aromatic carbocycles. The van der Waals surface area contributed by atoms with E-state index in [-0.39, 0.29) is 23.8 Å². The molecule has 2 aromatic rings. The van der Waals surface area contributed by atoms with Crippen molar-refractivity contribution < 1.29 is 29.0 Å². The molecule has 3 amide bonds. The number of piperazine rings is 1. The van der Waals surface area contributed by atoms with Gasteiger partial charge < -0.3 is 25.0 Å². The van der Waals surface area contributed by atoms with Crippen LogP contribution in [0.5, 0.6) is 0 Å². The van der Waals surface area contributed by atoms with Crippen molar-refractivity contribution in [2.75, 3.05) is 43.5 Å². The van der Waals surface area contributed by atoms with Gasteiger partial charge in [-0.2, -0.15) is 0 Å². The molecule has 0 radical (unpaired) electrons. The van der Waals surface area contributed by atoms with E-state index in [1.165, 1.54) is 18.4 Å². The number of rotatable bonds is 8. The lowest BCUT2D eigenvalue weighted by Crippen LogP contribution is -2.49. The van der Waals surface area contributed by atoms with Gasteiger partial charge in [-0.05, 0) is 42.5 Å². The predicted molar refractivity (Wildman–Crippen MR) is 131 cm³/mol. The number of nitrogens with one attached hydrogen (secondary N) is 2. The van der Waals surface area contributed by atoms with Crippen molar-refractivity contribution in [2.45, 2.75) is 25.3 Å². The molecule has 0 spiro atoms. The van der Waals surface area contributed by atoms with Crippen LogP contribution in [0.4, 0.5) is 16.2 Å². The number of hydrogen-bond donors (Lipinski definition) is 3. The van der Waals surface area contributed by atoms with Gasteiger partial charge in [-0.1, -0.05) is 6.07 Å². The number of methoxy groups -OCH3 is 1. The third kappa shape index (κ3) is 6.10. The molecule has 0 bridgehead atoms. The molecule has 35 heavy (non-hydrogen) atoms. The number of amides is 3. The van der Waals surface area contributed by atoms with Gasteiger partial charge in [0, 0.05) is 42.5 Å². The Morgan fingerprint density at radius 3 is 2.49 bits per heavy atom. The Balaban J connectivity index is 1.51. The summed E-state index contributed by atoms with van der Waals surface area (Å²) in [4.78, 5) is 53.4. The van der Waals surface area contributed by atoms with Crippen molar-refractivity contribution in [2.24, 2.45) is 5.92 Å². The highest BCUT2D eigenvalue weighted by Crippen LogP contribution is 2.33. The molecule has 4 rings (SSSR count). The summed E-state index contributed by atoms with van der Waals surface area (Å²) in [6.07, 6.45) is 1.01. The van der Waals surface area contributed by atoms with Crippen LogP contribution in [0.3, 0.4) is 0 Å². The zero-order valence-electron chi connectivity index (χ0n) is 19.4. The molecule has 1 unspecified atom stereocenters. The Labute approximate surface area is 206 Å². The lowest BCUT2D eigenvalue weighted by Gasteiger charge is -2.37. The van der Waals surface area contributed by atoms with E-state index in [4.69, 9.17) is 4.74 Å². The molecule has 1 saturated heterocycles. The van der Waals surface area contributed by atoms with Crippen molar-refractivity contribution in [1.29, 1.82) is 0 Å². The summed E-state index contributed by atoms with van der Waals surface area (Å²) in [5.41, 5.74) is 1.39. The average molecular weight is 501 g/mol. The molecule has 1 saturated carbocycles. The van der Waals surface area contributed by atoms with E-state index in [1.54, 1.807) is 30.3 Å². The molecule has 11 heteroatoms. The van der Waals surface area contributed by atoms with Crippen LogP contribution >= 0.6 is 11.3 Å². The van der Waals surface area contributed by atoms with Crippen LogP contribution < -0.4 is 15.5 Å². The normalized spacial score (nSPS) is 16.4. The van der Waals surface area contributed by atoms with Crippen molar-refractivity contribution in [3.63, 3.8) is 0 Å². The minimum Gasteiger partial charge on any atom is -0.481 e. The summed E-state index contributed by atoms with van der Waals surface area (Å²) < 4.78 is 4.75. The predicted octanol–water partition coefficient (Wildman–Crippen LogP) is 2.93. The third-order valence-corrected chi connectivity index (χ3v) is 7.10. The van der Waals surface area contributed by atoms with Crippen molar-refractivity contribution >= 4 is 46.6 Å². The number of carbonyl (C=O) groups excluding carboxylic acids is 3. The van der Waals surface area contributed by atoms with Crippen LogP contribution in [-0.4, -0.2) is 67.2 Å². The van der Waals surface area contributed by atoms with Crippen LogP contribution in [0.2, 0.25) is 0 Å². The smallest absolute Gasteiger partial charge is 0.411 e. The molecule has 3 N–H and O–H groups in total. The summed E-state index contributed by atoms with van der Waals surface area (Å²) >= 11 is 1.37. The van der Waals surface area contributed by atoms with E-state index < -0.39 is 24.0 Å². The zero-order chi connectivity index (χ0) is 24.9. The number of carboxylic acids is 1. The Morgan fingerprint density at radius 1 is 1.14 bits per heavy atom. The maximum absolute atomic E-state index is 13.0. The largest absolute Gasteiger partial charge is 0.481 e. The summed E-state index contributed by atoms with van der Waals surface area (Å²) in [5, 5.41) is 16.5. The summed E-state index contributed by atoms with van der Waals surface area (Å²) in [7, 11) is 1.26. The highest BCUT2D eigenvalue weighted by molar-refractivity contribution is 7.10. The maximum Gasteiger partial charge on any atom is 0.411 e. The van der Waals surface area contributed by atoms with E-state index >= 15 is 0 Å². The number of ether oxygens (including phenoxy) is 1. The first kappa shape index (κ1) is 24.5. The molecule has 10 nitrogen and oxygen atoms in total. The molecule has 2 heterocycles. The first-order chi connectivity index (χ1) is 16.9. The highest BCUT2D eigenvalue weighted by atomic mass is 32.1. The molecule has 186 valence electrons. The molecule has 2 fully saturated rings. The van der Waals surface area contributed by atoms with Crippen LogP contribution in [-0.2, 0) is 14.3 Å². The zero-order valence-corrected chi connectivity index (χ0v) is 20.2. The van der Waals surface area contributed by atoms with E-state index in [1.807, 2.05) is 10.3 Å². The van der Waals surface area contributed by atoms with Crippen LogP contribution in [0.15, 0.2) is 35.7 Å². The fourth-order valence-electron chi connectivity index (χ4n) is 4.10. The monoisotopic (exact) mass is 500 g/mol. The second-order valence-electron chi connectivity index (χ2n) is 8.57. The standard InChI is InChI=1S/C24H28N4O6S/c1-34-24(33)26-17-13-16(22(31)25-18(14-21(29)30)20-3-2-12-35-20)6-7-19(17)27-8-10-28(11-9-27)23(32)15-4-5-15/h2-3,6-7,12-13,15,18H,4-5,8-11,14H2,1H3,(H,25,31)(H,26,33)(H,29,30).